The SMILES string of the molecule is COc1ccc(CC(=O)Nc2ccc(Nc3ccc(C)cc3)nn2)cc1OC. The summed E-state index contributed by atoms with van der Waals surface area (Å²) < 4.78 is 10.5. The quantitative estimate of drug-likeness (QED) is 0.652. The third-order valence-electron chi connectivity index (χ3n) is 4.07. The van der Waals surface area contributed by atoms with Crippen LogP contribution in [0.1, 0.15) is 11.1 Å². The molecule has 0 fully saturated rings. The van der Waals surface area contributed by atoms with Crippen LogP contribution >= 0.6 is 0 Å². The van der Waals surface area contributed by atoms with E-state index in [2.05, 4.69) is 20.8 Å². The maximum atomic E-state index is 12.3. The van der Waals surface area contributed by atoms with E-state index in [0.717, 1.165) is 11.3 Å². The number of methoxy groups -OCH3 is 2. The van der Waals surface area contributed by atoms with Crippen molar-refractivity contribution < 1.29 is 14.3 Å². The molecule has 28 heavy (non-hydrogen) atoms. The number of aromatic nitrogens is 2. The number of rotatable bonds is 7. The Morgan fingerprint density at radius 1 is 0.893 bits per heavy atom. The van der Waals surface area contributed by atoms with Gasteiger partial charge in [-0.15, -0.1) is 10.2 Å². The van der Waals surface area contributed by atoms with Crippen LogP contribution in [0.3, 0.4) is 0 Å². The van der Waals surface area contributed by atoms with Crippen LogP contribution in [0, 0.1) is 6.92 Å². The summed E-state index contributed by atoms with van der Waals surface area (Å²) in [7, 11) is 3.13. The van der Waals surface area contributed by atoms with Crippen molar-refractivity contribution in [3.05, 3.63) is 65.7 Å². The second-order valence-corrected chi connectivity index (χ2v) is 6.21. The Bertz CT molecular complexity index is 941. The molecule has 2 aromatic carbocycles. The Morgan fingerprint density at radius 3 is 2.21 bits per heavy atom. The highest BCUT2D eigenvalue weighted by molar-refractivity contribution is 5.91. The van der Waals surface area contributed by atoms with E-state index in [-0.39, 0.29) is 12.3 Å². The van der Waals surface area contributed by atoms with Gasteiger partial charge in [0.25, 0.3) is 0 Å². The molecule has 0 atom stereocenters. The Balaban J connectivity index is 1.59. The van der Waals surface area contributed by atoms with Gasteiger partial charge in [0.1, 0.15) is 0 Å². The number of carbonyl (C=O) groups excluding carboxylic acids is 1. The third kappa shape index (κ3) is 4.97. The van der Waals surface area contributed by atoms with Gasteiger partial charge in [-0.1, -0.05) is 23.8 Å². The summed E-state index contributed by atoms with van der Waals surface area (Å²) in [5.74, 6) is 2.00. The Labute approximate surface area is 163 Å². The molecule has 0 saturated carbocycles. The molecule has 3 rings (SSSR count). The van der Waals surface area contributed by atoms with E-state index in [9.17, 15) is 4.79 Å². The first kappa shape index (κ1) is 19.2. The Morgan fingerprint density at radius 2 is 1.57 bits per heavy atom. The molecule has 0 spiro atoms. The van der Waals surface area contributed by atoms with Crippen molar-refractivity contribution in [1.29, 1.82) is 0 Å². The zero-order chi connectivity index (χ0) is 19.9. The molecular weight excluding hydrogens is 356 g/mol. The molecule has 144 valence electrons. The van der Waals surface area contributed by atoms with Gasteiger partial charge in [0.2, 0.25) is 5.91 Å². The monoisotopic (exact) mass is 378 g/mol. The third-order valence-corrected chi connectivity index (χ3v) is 4.07. The number of hydrogen-bond acceptors (Lipinski definition) is 6. The van der Waals surface area contributed by atoms with E-state index < -0.39 is 0 Å². The van der Waals surface area contributed by atoms with Gasteiger partial charge in [0.15, 0.2) is 23.1 Å². The van der Waals surface area contributed by atoms with Crippen molar-refractivity contribution in [2.75, 3.05) is 24.9 Å². The maximum Gasteiger partial charge on any atom is 0.229 e. The van der Waals surface area contributed by atoms with Crippen molar-refractivity contribution in [2.24, 2.45) is 0 Å². The molecule has 0 bridgehead atoms. The molecule has 0 saturated heterocycles. The van der Waals surface area contributed by atoms with Gasteiger partial charge in [-0.2, -0.15) is 0 Å². The summed E-state index contributed by atoms with van der Waals surface area (Å²) in [6.07, 6.45) is 0.186. The van der Waals surface area contributed by atoms with Crippen LogP contribution in [0.4, 0.5) is 17.3 Å². The maximum absolute atomic E-state index is 12.3. The zero-order valence-electron chi connectivity index (χ0n) is 16.0. The van der Waals surface area contributed by atoms with Crippen molar-refractivity contribution >= 4 is 23.2 Å². The van der Waals surface area contributed by atoms with Crippen LogP contribution in [0.15, 0.2) is 54.6 Å². The van der Waals surface area contributed by atoms with Crippen molar-refractivity contribution in [2.45, 2.75) is 13.3 Å². The molecule has 1 aromatic heterocycles. The molecule has 1 amide bonds. The molecule has 1 heterocycles. The fourth-order valence-corrected chi connectivity index (χ4v) is 2.61. The molecule has 3 aromatic rings. The summed E-state index contributed by atoms with van der Waals surface area (Å²) in [6, 6.07) is 16.8. The number of nitrogens with zero attached hydrogens (tertiary/aromatic N) is 2. The number of aryl methyl sites for hydroxylation is 1. The summed E-state index contributed by atoms with van der Waals surface area (Å²) in [6.45, 7) is 2.03. The zero-order valence-corrected chi connectivity index (χ0v) is 16.0. The van der Waals surface area contributed by atoms with Gasteiger partial charge in [0.05, 0.1) is 20.6 Å². The van der Waals surface area contributed by atoms with Gasteiger partial charge in [-0.05, 0) is 48.9 Å². The van der Waals surface area contributed by atoms with Crippen molar-refractivity contribution in [3.8, 4) is 11.5 Å². The Kier molecular flexibility index (Phi) is 6.06. The summed E-state index contributed by atoms with van der Waals surface area (Å²) in [4.78, 5) is 12.3. The number of anilines is 3. The molecule has 0 aliphatic heterocycles. The highest BCUT2D eigenvalue weighted by Crippen LogP contribution is 2.27. The van der Waals surface area contributed by atoms with Gasteiger partial charge in [-0.3, -0.25) is 4.79 Å². The first-order chi connectivity index (χ1) is 13.6. The molecule has 0 aliphatic carbocycles. The van der Waals surface area contributed by atoms with E-state index in [1.165, 1.54) is 5.56 Å². The fraction of sp³-hybridized carbons (Fsp3) is 0.190. The van der Waals surface area contributed by atoms with E-state index in [1.807, 2.05) is 37.3 Å². The number of amides is 1. The predicted octanol–water partition coefficient (Wildman–Crippen LogP) is 3.73. The standard InChI is InChI=1S/C21H22N4O3/c1-14-4-7-16(8-5-14)22-19-10-11-20(25-24-19)23-21(26)13-15-6-9-17(27-2)18(12-15)28-3/h4-12H,13H2,1-3H3,(H,22,24)(H,23,25,26). The largest absolute Gasteiger partial charge is 0.493 e. The number of ether oxygens (including phenoxy) is 2. The predicted molar refractivity (Wildman–Crippen MR) is 108 cm³/mol. The van der Waals surface area contributed by atoms with Crippen molar-refractivity contribution in [1.82, 2.24) is 10.2 Å². The van der Waals surface area contributed by atoms with E-state index >= 15 is 0 Å². The second-order valence-electron chi connectivity index (χ2n) is 6.21. The first-order valence-electron chi connectivity index (χ1n) is 8.75. The van der Waals surface area contributed by atoms with Crippen LogP contribution in [0.2, 0.25) is 0 Å². The second kappa shape index (κ2) is 8.85. The van der Waals surface area contributed by atoms with E-state index in [4.69, 9.17) is 9.47 Å². The van der Waals surface area contributed by atoms with E-state index in [0.29, 0.717) is 23.1 Å². The summed E-state index contributed by atoms with van der Waals surface area (Å²) in [5.41, 5.74) is 2.91. The minimum absolute atomic E-state index is 0.186. The molecular formula is C21H22N4O3. The highest BCUT2D eigenvalue weighted by Gasteiger charge is 2.09. The minimum atomic E-state index is -0.194. The van der Waals surface area contributed by atoms with Gasteiger partial charge < -0.3 is 20.1 Å². The lowest BCUT2D eigenvalue weighted by Gasteiger charge is -2.10. The number of hydrogen-bond donors (Lipinski definition) is 2. The Hall–Kier alpha value is -3.61. The molecule has 0 unspecified atom stereocenters. The lowest BCUT2D eigenvalue weighted by molar-refractivity contribution is -0.115. The lowest BCUT2D eigenvalue weighted by Crippen LogP contribution is -2.15. The summed E-state index contributed by atoms with van der Waals surface area (Å²) >= 11 is 0. The molecule has 2 N–H and O–H groups in total. The normalized spacial score (nSPS) is 10.2. The molecule has 7 heteroatoms. The van der Waals surface area contributed by atoms with Crippen LogP contribution < -0.4 is 20.1 Å². The van der Waals surface area contributed by atoms with Gasteiger partial charge in [0, 0.05) is 5.69 Å². The van der Waals surface area contributed by atoms with Gasteiger partial charge in [-0.25, -0.2) is 0 Å². The van der Waals surface area contributed by atoms with Crippen LogP contribution in [0.25, 0.3) is 0 Å². The number of nitrogens with one attached hydrogen (secondary N) is 2. The van der Waals surface area contributed by atoms with Crippen LogP contribution in [0.5, 0.6) is 11.5 Å². The fourth-order valence-electron chi connectivity index (χ4n) is 2.61. The van der Waals surface area contributed by atoms with Crippen LogP contribution in [-0.4, -0.2) is 30.3 Å². The van der Waals surface area contributed by atoms with E-state index in [1.54, 1.807) is 38.5 Å². The topological polar surface area (TPSA) is 85.4 Å². The van der Waals surface area contributed by atoms with Crippen LogP contribution in [-0.2, 0) is 11.2 Å². The molecule has 0 radical (unpaired) electrons. The summed E-state index contributed by atoms with van der Waals surface area (Å²) in [5, 5.41) is 14.0. The number of benzene rings is 2. The average Bonchev–Trinajstić information content (AvgIpc) is 2.71. The smallest absolute Gasteiger partial charge is 0.229 e. The molecule has 7 nitrogen and oxygen atoms in total. The van der Waals surface area contributed by atoms with Crippen molar-refractivity contribution in [3.63, 3.8) is 0 Å². The average molecular weight is 378 g/mol. The van der Waals surface area contributed by atoms with Gasteiger partial charge >= 0.3 is 0 Å². The molecule has 0 aliphatic rings. The lowest BCUT2D eigenvalue weighted by atomic mass is 10.1. The highest BCUT2D eigenvalue weighted by atomic mass is 16.5. The minimum Gasteiger partial charge on any atom is -0.493 e. The number of carbonyl (C=O) groups is 1. The first-order valence-corrected chi connectivity index (χ1v) is 8.75.